The van der Waals surface area contributed by atoms with E-state index < -0.39 is 0 Å². The maximum atomic E-state index is 4.15. The van der Waals surface area contributed by atoms with Gasteiger partial charge in [-0.05, 0) is 12.8 Å². The second-order valence-electron chi connectivity index (χ2n) is 2.33. The molecule has 1 aromatic heterocycles. The van der Waals surface area contributed by atoms with Gasteiger partial charge in [-0.3, -0.25) is 0 Å². The number of aromatic nitrogens is 2. The lowest BCUT2D eigenvalue weighted by molar-refractivity contribution is 1.05. The van der Waals surface area contributed by atoms with E-state index in [9.17, 15) is 0 Å². The molecule has 11 heavy (non-hydrogen) atoms. The number of aryl methyl sites for hydroxylation is 1. The van der Waals surface area contributed by atoms with Crippen molar-refractivity contribution in [2.75, 3.05) is 0 Å². The van der Waals surface area contributed by atoms with Gasteiger partial charge in [-0.2, -0.15) is 0 Å². The average molecular weight is 145 g/mol. The molecule has 0 fully saturated rings. The molecule has 0 aromatic carbocycles. The van der Waals surface area contributed by atoms with Crippen LogP contribution >= 0.6 is 0 Å². The van der Waals surface area contributed by atoms with Crippen molar-refractivity contribution < 1.29 is 0 Å². The summed E-state index contributed by atoms with van der Waals surface area (Å²) in [6.07, 6.45) is 7.14. The monoisotopic (exact) mass is 145 g/mol. The summed E-state index contributed by atoms with van der Waals surface area (Å²) in [4.78, 5) is 8.00. The van der Waals surface area contributed by atoms with Crippen molar-refractivity contribution in [1.82, 2.24) is 9.55 Å². The molecule has 0 N–H and O–H groups in total. The first-order valence-electron chi connectivity index (χ1n) is 3.37. The second kappa shape index (κ2) is 2.22. The van der Waals surface area contributed by atoms with Crippen molar-refractivity contribution in [3.63, 3.8) is 0 Å². The van der Waals surface area contributed by atoms with Gasteiger partial charge in [0.15, 0.2) is 0 Å². The summed E-state index contributed by atoms with van der Waals surface area (Å²) in [5.41, 5.74) is 1.10. The quantitative estimate of drug-likeness (QED) is 0.541. The van der Waals surface area contributed by atoms with E-state index in [2.05, 4.69) is 15.8 Å². The number of hydrogen-bond donors (Lipinski definition) is 0. The van der Waals surface area contributed by atoms with Crippen molar-refractivity contribution in [3.8, 4) is 0 Å². The molecule has 0 aliphatic carbocycles. The number of nitrogens with zero attached hydrogens (tertiary/aromatic N) is 3. The number of aliphatic imine (C=N–C) groups is 1. The zero-order chi connectivity index (χ0) is 7.68. The molecule has 2 heterocycles. The summed E-state index contributed by atoms with van der Waals surface area (Å²) < 4.78 is 1.96. The lowest BCUT2D eigenvalue weighted by atomic mass is 10.5. The minimum Gasteiger partial charge on any atom is -0.302 e. The number of fused-ring (bicyclic) bond motifs is 1. The third kappa shape index (κ3) is 0.914. The smallest absolute Gasteiger partial charge is 0.146 e. The topological polar surface area (TPSA) is 30.2 Å². The normalized spacial score (nSPS) is 13.2. The maximum Gasteiger partial charge on any atom is 0.146 e. The largest absolute Gasteiger partial charge is 0.302 e. The summed E-state index contributed by atoms with van der Waals surface area (Å²) in [5.74, 6) is 3.62. The van der Waals surface area contributed by atoms with Crippen molar-refractivity contribution in [2.24, 2.45) is 4.99 Å². The first-order valence-corrected chi connectivity index (χ1v) is 3.37. The molecule has 0 unspecified atom stereocenters. The Balaban J connectivity index is 2.69. The molecule has 3 heteroatoms. The molecule has 0 saturated carbocycles. The molecule has 54 valence electrons. The standard InChI is InChI=1S/C8H7N3/c1-7-6-10-8-2-3-9-4-5-11(7)8/h2,4-6H,1H3. The Labute approximate surface area is 64.4 Å². The van der Waals surface area contributed by atoms with Crippen LogP contribution in [0.2, 0.25) is 0 Å². The van der Waals surface area contributed by atoms with Crippen molar-refractivity contribution in [1.29, 1.82) is 0 Å². The third-order valence-electron chi connectivity index (χ3n) is 1.57. The van der Waals surface area contributed by atoms with Crippen LogP contribution in [0.1, 0.15) is 11.5 Å². The minimum atomic E-state index is 0.875. The molecule has 0 atom stereocenters. The molecule has 0 radical (unpaired) electrons. The SMILES string of the molecule is Cc1cnc2n1C=CN=C=C2. The molecule has 1 aliphatic rings. The minimum absolute atomic E-state index is 0.875. The molecule has 2 rings (SSSR count). The number of rotatable bonds is 0. The molecular formula is C8H7N3. The van der Waals surface area contributed by atoms with Gasteiger partial charge < -0.3 is 4.57 Å². The van der Waals surface area contributed by atoms with Gasteiger partial charge in [0.1, 0.15) is 5.82 Å². The van der Waals surface area contributed by atoms with Crippen molar-refractivity contribution in [2.45, 2.75) is 6.92 Å². The van der Waals surface area contributed by atoms with Gasteiger partial charge in [0.25, 0.3) is 0 Å². The average Bonchev–Trinajstić information content (AvgIpc) is 2.25. The van der Waals surface area contributed by atoms with Gasteiger partial charge in [0.05, 0.1) is 6.20 Å². The summed E-state index contributed by atoms with van der Waals surface area (Å²) in [6, 6.07) is 0. The fourth-order valence-electron chi connectivity index (χ4n) is 1.00. The molecule has 0 saturated heterocycles. The predicted octanol–water partition coefficient (Wildman–Crippen LogP) is 1.32. The van der Waals surface area contributed by atoms with E-state index in [4.69, 9.17) is 0 Å². The Morgan fingerprint density at radius 2 is 2.45 bits per heavy atom. The van der Waals surface area contributed by atoms with Crippen LogP contribution in [0.15, 0.2) is 17.4 Å². The number of hydrogen-bond acceptors (Lipinski definition) is 2. The van der Waals surface area contributed by atoms with E-state index in [1.165, 1.54) is 0 Å². The van der Waals surface area contributed by atoms with Crippen LogP contribution < -0.4 is 0 Å². The fraction of sp³-hybridized carbons (Fsp3) is 0.125. The summed E-state index contributed by atoms with van der Waals surface area (Å²) >= 11 is 0. The number of imidazole rings is 1. The highest BCUT2D eigenvalue weighted by atomic mass is 15.1. The molecule has 1 aromatic rings. The van der Waals surface area contributed by atoms with Gasteiger partial charge in [0.2, 0.25) is 0 Å². The lowest BCUT2D eigenvalue weighted by Crippen LogP contribution is -1.91. The van der Waals surface area contributed by atoms with Crippen LogP contribution in [0.5, 0.6) is 0 Å². The summed E-state index contributed by atoms with van der Waals surface area (Å²) in [6.45, 7) is 2.00. The lowest BCUT2D eigenvalue weighted by Gasteiger charge is -1.95. The third-order valence-corrected chi connectivity index (χ3v) is 1.57. The predicted molar refractivity (Wildman–Crippen MR) is 44.2 cm³/mol. The van der Waals surface area contributed by atoms with Gasteiger partial charge in [-0.15, -0.1) is 0 Å². The Bertz CT molecular complexity index is 365. The molecule has 1 aliphatic heterocycles. The van der Waals surface area contributed by atoms with Crippen LogP contribution in [-0.2, 0) is 0 Å². The van der Waals surface area contributed by atoms with Crippen LogP contribution in [-0.4, -0.2) is 15.4 Å². The van der Waals surface area contributed by atoms with Gasteiger partial charge in [0, 0.05) is 24.2 Å². The zero-order valence-electron chi connectivity index (χ0n) is 6.15. The van der Waals surface area contributed by atoms with Gasteiger partial charge in [-0.1, -0.05) is 0 Å². The Morgan fingerprint density at radius 3 is 3.36 bits per heavy atom. The van der Waals surface area contributed by atoms with Crippen molar-refractivity contribution in [3.05, 3.63) is 23.9 Å². The highest BCUT2D eigenvalue weighted by Gasteiger charge is 2.00. The molecule has 0 bridgehead atoms. The van der Waals surface area contributed by atoms with E-state index in [1.54, 1.807) is 12.3 Å². The van der Waals surface area contributed by atoms with E-state index in [1.807, 2.05) is 23.9 Å². The van der Waals surface area contributed by atoms with E-state index in [0.717, 1.165) is 11.5 Å². The second-order valence-corrected chi connectivity index (χ2v) is 2.33. The van der Waals surface area contributed by atoms with E-state index in [0.29, 0.717) is 0 Å². The maximum absolute atomic E-state index is 4.15. The Kier molecular flexibility index (Phi) is 1.24. The molecule has 0 amide bonds. The highest BCUT2D eigenvalue weighted by Crippen LogP contribution is 2.06. The van der Waals surface area contributed by atoms with Crippen LogP contribution in [0.25, 0.3) is 12.3 Å². The zero-order valence-corrected chi connectivity index (χ0v) is 6.15. The molecule has 3 nitrogen and oxygen atoms in total. The molecule has 0 spiro atoms. The Hall–Kier alpha value is -1.60. The first-order chi connectivity index (χ1) is 5.38. The van der Waals surface area contributed by atoms with Crippen LogP contribution in [0.3, 0.4) is 0 Å². The summed E-state index contributed by atoms with van der Waals surface area (Å²) in [7, 11) is 0. The first kappa shape index (κ1) is 6.13. The van der Waals surface area contributed by atoms with Crippen molar-refractivity contribution >= 4 is 18.1 Å². The summed E-state index contributed by atoms with van der Waals surface area (Å²) in [5, 5.41) is 0. The Morgan fingerprint density at radius 1 is 1.55 bits per heavy atom. The van der Waals surface area contributed by atoms with E-state index >= 15 is 0 Å². The van der Waals surface area contributed by atoms with Crippen LogP contribution in [0, 0.1) is 6.92 Å². The highest BCUT2D eigenvalue weighted by molar-refractivity contribution is 5.77. The van der Waals surface area contributed by atoms with Crippen LogP contribution in [0.4, 0.5) is 0 Å². The molecular weight excluding hydrogens is 138 g/mol. The van der Waals surface area contributed by atoms with E-state index in [-0.39, 0.29) is 0 Å². The van der Waals surface area contributed by atoms with Gasteiger partial charge in [-0.25, -0.2) is 9.98 Å². The fourth-order valence-corrected chi connectivity index (χ4v) is 1.00. The van der Waals surface area contributed by atoms with Gasteiger partial charge >= 0.3 is 0 Å².